The molecule has 0 aliphatic rings. The van der Waals surface area contributed by atoms with Crippen molar-refractivity contribution in [2.75, 3.05) is 0 Å². The second kappa shape index (κ2) is 4.97. The van der Waals surface area contributed by atoms with Crippen LogP contribution in [-0.2, 0) is 0 Å². The second-order valence-electron chi connectivity index (χ2n) is 3.71. The summed E-state index contributed by atoms with van der Waals surface area (Å²) >= 11 is 2.25. The first-order valence-electron chi connectivity index (χ1n) is 5.27. The maximum atomic E-state index is 6.02. The molecule has 0 aliphatic carbocycles. The molecule has 2 aromatic rings. The van der Waals surface area contributed by atoms with E-state index in [4.69, 9.17) is 5.73 Å². The summed E-state index contributed by atoms with van der Waals surface area (Å²) < 4.78 is 3.00. The number of hydrogen-bond donors (Lipinski definition) is 1. The van der Waals surface area contributed by atoms with Crippen LogP contribution < -0.4 is 5.73 Å². The van der Waals surface area contributed by atoms with Crippen molar-refractivity contribution in [2.24, 2.45) is 5.73 Å². The second-order valence-corrected chi connectivity index (χ2v) is 4.96. The van der Waals surface area contributed by atoms with Crippen LogP contribution in [0.5, 0.6) is 0 Å². The van der Waals surface area contributed by atoms with Gasteiger partial charge in [-0.15, -0.1) is 0 Å². The zero-order valence-electron chi connectivity index (χ0n) is 9.10. The first-order valence-corrected chi connectivity index (χ1v) is 6.34. The van der Waals surface area contributed by atoms with Gasteiger partial charge in [-0.05, 0) is 46.7 Å². The Labute approximate surface area is 109 Å². The lowest BCUT2D eigenvalue weighted by Gasteiger charge is -2.10. The van der Waals surface area contributed by atoms with Crippen molar-refractivity contribution in [1.82, 2.24) is 9.78 Å². The number of nitrogens with zero attached hydrogens (tertiary/aromatic N) is 2. The van der Waals surface area contributed by atoms with Gasteiger partial charge >= 0.3 is 0 Å². The zero-order chi connectivity index (χ0) is 11.5. The van der Waals surface area contributed by atoms with E-state index in [1.54, 1.807) is 0 Å². The molecule has 1 heterocycles. The highest BCUT2D eigenvalue weighted by molar-refractivity contribution is 14.1. The van der Waals surface area contributed by atoms with E-state index in [-0.39, 0.29) is 6.04 Å². The van der Waals surface area contributed by atoms with Crippen LogP contribution in [0.1, 0.15) is 24.9 Å². The third-order valence-corrected chi connectivity index (χ3v) is 3.11. The van der Waals surface area contributed by atoms with Crippen LogP contribution >= 0.6 is 22.6 Å². The van der Waals surface area contributed by atoms with Gasteiger partial charge in [-0.2, -0.15) is 5.10 Å². The number of halogens is 1. The van der Waals surface area contributed by atoms with Crippen LogP contribution in [0.25, 0.3) is 5.69 Å². The largest absolute Gasteiger partial charge is 0.324 e. The summed E-state index contributed by atoms with van der Waals surface area (Å²) in [5.74, 6) is 0. The highest BCUT2D eigenvalue weighted by atomic mass is 127. The van der Waals surface area contributed by atoms with Crippen LogP contribution in [0, 0.1) is 3.57 Å². The molecule has 2 N–H and O–H groups in total. The van der Waals surface area contributed by atoms with Crippen LogP contribution in [-0.4, -0.2) is 9.78 Å². The summed E-state index contributed by atoms with van der Waals surface area (Å²) in [4.78, 5) is 0. The Morgan fingerprint density at radius 3 is 2.94 bits per heavy atom. The van der Waals surface area contributed by atoms with E-state index in [0.717, 1.165) is 21.2 Å². The lowest BCUT2D eigenvalue weighted by atomic mass is 10.1. The van der Waals surface area contributed by atoms with Crippen molar-refractivity contribution in [3.8, 4) is 5.69 Å². The molecule has 1 unspecified atom stereocenters. The van der Waals surface area contributed by atoms with Gasteiger partial charge in [0.15, 0.2) is 0 Å². The molecule has 0 aliphatic heterocycles. The highest BCUT2D eigenvalue weighted by Crippen LogP contribution is 2.17. The third kappa shape index (κ3) is 2.44. The van der Waals surface area contributed by atoms with Crippen LogP contribution in [0.2, 0.25) is 0 Å². The topological polar surface area (TPSA) is 43.8 Å². The summed E-state index contributed by atoms with van der Waals surface area (Å²) in [5, 5.41) is 4.28. The molecule has 4 heteroatoms. The minimum Gasteiger partial charge on any atom is -0.324 e. The van der Waals surface area contributed by atoms with Gasteiger partial charge in [0, 0.05) is 12.2 Å². The van der Waals surface area contributed by atoms with Gasteiger partial charge in [0.1, 0.15) is 0 Å². The molecule has 0 radical (unpaired) electrons. The molecule has 0 fully saturated rings. The fraction of sp³-hybridized carbons (Fsp3) is 0.250. The molecular formula is C12H14IN3. The Bertz CT molecular complexity index is 479. The van der Waals surface area contributed by atoms with Gasteiger partial charge in [-0.1, -0.05) is 19.1 Å². The SMILES string of the molecule is CCC(N)c1cccc(-n2cc(I)cn2)c1. The van der Waals surface area contributed by atoms with Crippen molar-refractivity contribution < 1.29 is 0 Å². The minimum atomic E-state index is 0.106. The summed E-state index contributed by atoms with van der Waals surface area (Å²) in [5.41, 5.74) is 8.23. The molecule has 0 saturated heterocycles. The predicted octanol–water partition coefficient (Wildman–Crippen LogP) is 2.89. The summed E-state index contributed by atoms with van der Waals surface area (Å²) in [7, 11) is 0. The number of hydrogen-bond acceptors (Lipinski definition) is 2. The van der Waals surface area contributed by atoms with E-state index in [2.05, 4.69) is 46.7 Å². The normalized spacial score (nSPS) is 12.7. The smallest absolute Gasteiger partial charge is 0.0649 e. The molecule has 0 amide bonds. The zero-order valence-corrected chi connectivity index (χ0v) is 11.3. The van der Waals surface area contributed by atoms with Crippen molar-refractivity contribution in [3.63, 3.8) is 0 Å². The molecule has 1 aromatic carbocycles. The van der Waals surface area contributed by atoms with Crippen LogP contribution in [0.4, 0.5) is 0 Å². The fourth-order valence-corrected chi connectivity index (χ4v) is 1.96. The molecule has 1 atom stereocenters. The lowest BCUT2D eigenvalue weighted by Crippen LogP contribution is -2.09. The molecule has 0 spiro atoms. The van der Waals surface area contributed by atoms with E-state index in [0.29, 0.717) is 0 Å². The van der Waals surface area contributed by atoms with Gasteiger partial charge < -0.3 is 5.73 Å². The average molecular weight is 327 g/mol. The number of aromatic nitrogens is 2. The standard InChI is InChI=1S/C12H14IN3/c1-2-12(14)9-4-3-5-11(6-9)16-8-10(13)7-15-16/h3-8,12H,2,14H2,1H3. The number of rotatable bonds is 3. The average Bonchev–Trinajstić information content (AvgIpc) is 2.75. The fourth-order valence-electron chi connectivity index (χ4n) is 1.58. The van der Waals surface area contributed by atoms with Gasteiger partial charge in [0.25, 0.3) is 0 Å². The maximum Gasteiger partial charge on any atom is 0.0649 e. The Balaban J connectivity index is 2.36. The van der Waals surface area contributed by atoms with Gasteiger partial charge in [0.05, 0.1) is 15.5 Å². The van der Waals surface area contributed by atoms with E-state index in [1.165, 1.54) is 0 Å². The van der Waals surface area contributed by atoms with Gasteiger partial charge in [-0.25, -0.2) is 4.68 Å². The molecule has 84 valence electrons. The van der Waals surface area contributed by atoms with Gasteiger partial charge in [-0.3, -0.25) is 0 Å². The molecular weight excluding hydrogens is 313 g/mol. The molecule has 1 aromatic heterocycles. The number of nitrogens with two attached hydrogens (primary N) is 1. The van der Waals surface area contributed by atoms with Crippen LogP contribution in [0.3, 0.4) is 0 Å². The Morgan fingerprint density at radius 1 is 1.50 bits per heavy atom. The van der Waals surface area contributed by atoms with Crippen LogP contribution in [0.15, 0.2) is 36.7 Å². The monoisotopic (exact) mass is 327 g/mol. The van der Waals surface area contributed by atoms with E-state index < -0.39 is 0 Å². The van der Waals surface area contributed by atoms with Crippen molar-refractivity contribution in [2.45, 2.75) is 19.4 Å². The Kier molecular flexibility index (Phi) is 3.60. The Morgan fingerprint density at radius 2 is 2.31 bits per heavy atom. The minimum absolute atomic E-state index is 0.106. The molecule has 3 nitrogen and oxygen atoms in total. The molecule has 2 rings (SSSR count). The first-order chi connectivity index (χ1) is 7.70. The van der Waals surface area contributed by atoms with Crippen molar-refractivity contribution in [1.29, 1.82) is 0 Å². The van der Waals surface area contributed by atoms with Crippen molar-refractivity contribution in [3.05, 3.63) is 45.8 Å². The van der Waals surface area contributed by atoms with Crippen molar-refractivity contribution >= 4 is 22.6 Å². The lowest BCUT2D eigenvalue weighted by molar-refractivity contribution is 0.697. The number of benzene rings is 1. The quantitative estimate of drug-likeness (QED) is 0.881. The van der Waals surface area contributed by atoms with E-state index in [1.807, 2.05) is 29.2 Å². The predicted molar refractivity (Wildman–Crippen MR) is 73.5 cm³/mol. The maximum absolute atomic E-state index is 6.02. The summed E-state index contributed by atoms with van der Waals surface area (Å²) in [6.45, 7) is 2.09. The summed E-state index contributed by atoms with van der Waals surface area (Å²) in [6.07, 6.45) is 4.78. The molecule has 16 heavy (non-hydrogen) atoms. The third-order valence-electron chi connectivity index (χ3n) is 2.55. The molecule has 0 bridgehead atoms. The highest BCUT2D eigenvalue weighted by Gasteiger charge is 2.05. The van der Waals surface area contributed by atoms with E-state index in [9.17, 15) is 0 Å². The molecule has 0 saturated carbocycles. The van der Waals surface area contributed by atoms with Gasteiger partial charge in [0.2, 0.25) is 0 Å². The summed E-state index contributed by atoms with van der Waals surface area (Å²) in [6, 6.07) is 8.32. The Hall–Kier alpha value is -0.880. The first kappa shape index (κ1) is 11.6. The van der Waals surface area contributed by atoms with E-state index >= 15 is 0 Å².